The normalized spacial score (nSPS) is 17.8. The number of benzene rings is 1. The third-order valence-electron chi connectivity index (χ3n) is 3.53. The van der Waals surface area contributed by atoms with Crippen molar-refractivity contribution in [3.05, 3.63) is 34.4 Å². The van der Waals surface area contributed by atoms with E-state index in [0.717, 1.165) is 25.7 Å². The standard InChI is InChI=1S/C13H13BrFN3O/c14-9-7-8(3-4-10(9)15)11-17-12(19-18-11)13(16)5-1-2-6-13/h3-4,7H,1-2,5-6,16H2. The van der Waals surface area contributed by atoms with Crippen molar-refractivity contribution in [2.75, 3.05) is 0 Å². The van der Waals surface area contributed by atoms with Gasteiger partial charge in [0.15, 0.2) is 0 Å². The van der Waals surface area contributed by atoms with Gasteiger partial charge in [0.25, 0.3) is 0 Å². The van der Waals surface area contributed by atoms with Crippen LogP contribution in [0.4, 0.5) is 4.39 Å². The zero-order valence-electron chi connectivity index (χ0n) is 10.2. The van der Waals surface area contributed by atoms with Crippen molar-refractivity contribution in [3.63, 3.8) is 0 Å². The molecule has 4 nitrogen and oxygen atoms in total. The van der Waals surface area contributed by atoms with Crippen molar-refractivity contribution in [2.45, 2.75) is 31.2 Å². The van der Waals surface area contributed by atoms with E-state index in [0.29, 0.717) is 21.8 Å². The van der Waals surface area contributed by atoms with Gasteiger partial charge in [0.1, 0.15) is 5.82 Å². The van der Waals surface area contributed by atoms with Crippen LogP contribution in [-0.2, 0) is 5.54 Å². The summed E-state index contributed by atoms with van der Waals surface area (Å²) in [5, 5.41) is 3.94. The molecule has 6 heteroatoms. The lowest BCUT2D eigenvalue weighted by Crippen LogP contribution is -2.33. The molecule has 2 aromatic rings. The Balaban J connectivity index is 1.94. The van der Waals surface area contributed by atoms with Crippen molar-refractivity contribution in [3.8, 4) is 11.4 Å². The fourth-order valence-electron chi connectivity index (χ4n) is 2.40. The van der Waals surface area contributed by atoms with Crippen LogP contribution in [0, 0.1) is 5.82 Å². The number of halogens is 2. The van der Waals surface area contributed by atoms with E-state index in [1.54, 1.807) is 12.1 Å². The summed E-state index contributed by atoms with van der Waals surface area (Å²) < 4.78 is 18.9. The zero-order valence-corrected chi connectivity index (χ0v) is 11.8. The Labute approximate surface area is 118 Å². The molecule has 0 amide bonds. The minimum atomic E-state index is -0.498. The molecule has 0 radical (unpaired) electrons. The van der Waals surface area contributed by atoms with Gasteiger partial charge in [-0.15, -0.1) is 0 Å². The topological polar surface area (TPSA) is 64.9 Å². The predicted octanol–water partition coefficient (Wildman–Crippen LogP) is 3.37. The molecule has 0 aliphatic heterocycles. The van der Waals surface area contributed by atoms with Crippen LogP contribution in [0.5, 0.6) is 0 Å². The number of hydrogen-bond acceptors (Lipinski definition) is 4. The van der Waals surface area contributed by atoms with Crippen LogP contribution in [0.3, 0.4) is 0 Å². The van der Waals surface area contributed by atoms with E-state index >= 15 is 0 Å². The van der Waals surface area contributed by atoms with E-state index in [2.05, 4.69) is 26.1 Å². The molecule has 0 unspecified atom stereocenters. The number of rotatable bonds is 2. The highest BCUT2D eigenvalue weighted by molar-refractivity contribution is 9.10. The van der Waals surface area contributed by atoms with Crippen LogP contribution >= 0.6 is 15.9 Å². The van der Waals surface area contributed by atoms with Gasteiger partial charge in [0, 0.05) is 5.56 Å². The molecular weight excluding hydrogens is 313 g/mol. The first kappa shape index (κ1) is 12.7. The van der Waals surface area contributed by atoms with Crippen LogP contribution in [0.25, 0.3) is 11.4 Å². The fraction of sp³-hybridized carbons (Fsp3) is 0.385. The molecule has 19 heavy (non-hydrogen) atoms. The second-order valence-electron chi connectivity index (χ2n) is 4.92. The maximum atomic E-state index is 13.2. The molecule has 0 saturated heterocycles. The van der Waals surface area contributed by atoms with Crippen LogP contribution in [0.2, 0.25) is 0 Å². The Morgan fingerprint density at radius 1 is 1.32 bits per heavy atom. The monoisotopic (exact) mass is 325 g/mol. The summed E-state index contributed by atoms with van der Waals surface area (Å²) in [6.07, 6.45) is 3.89. The Morgan fingerprint density at radius 2 is 2.05 bits per heavy atom. The lowest BCUT2D eigenvalue weighted by atomic mass is 9.99. The van der Waals surface area contributed by atoms with Crippen molar-refractivity contribution >= 4 is 15.9 Å². The number of hydrogen-bond donors (Lipinski definition) is 1. The highest BCUT2D eigenvalue weighted by Gasteiger charge is 2.36. The van der Waals surface area contributed by atoms with E-state index in [1.807, 2.05) is 0 Å². The second kappa shape index (κ2) is 4.68. The van der Waals surface area contributed by atoms with Crippen LogP contribution in [0.15, 0.2) is 27.2 Å². The summed E-state index contributed by atoms with van der Waals surface area (Å²) in [5.74, 6) is 0.589. The summed E-state index contributed by atoms with van der Waals surface area (Å²) in [6, 6.07) is 4.61. The number of aromatic nitrogens is 2. The van der Waals surface area contributed by atoms with Gasteiger partial charge in [-0.3, -0.25) is 0 Å². The van der Waals surface area contributed by atoms with Crippen molar-refractivity contribution in [2.24, 2.45) is 5.73 Å². The first-order chi connectivity index (χ1) is 9.08. The number of nitrogens with two attached hydrogens (primary N) is 1. The Bertz CT molecular complexity index is 608. The molecule has 0 bridgehead atoms. The van der Waals surface area contributed by atoms with Gasteiger partial charge < -0.3 is 10.3 Å². The molecule has 100 valence electrons. The summed E-state index contributed by atoms with van der Waals surface area (Å²) in [5.41, 5.74) is 6.46. The molecule has 1 aliphatic carbocycles. The van der Waals surface area contributed by atoms with Crippen LogP contribution in [-0.4, -0.2) is 10.1 Å². The quantitative estimate of drug-likeness (QED) is 0.919. The van der Waals surface area contributed by atoms with Gasteiger partial charge in [0.2, 0.25) is 11.7 Å². The fourth-order valence-corrected chi connectivity index (χ4v) is 2.78. The van der Waals surface area contributed by atoms with Crippen LogP contribution < -0.4 is 5.73 Å². The smallest absolute Gasteiger partial charge is 0.247 e. The first-order valence-electron chi connectivity index (χ1n) is 6.17. The lowest BCUT2D eigenvalue weighted by Gasteiger charge is -2.17. The molecule has 0 spiro atoms. The van der Waals surface area contributed by atoms with E-state index in [9.17, 15) is 4.39 Å². The summed E-state index contributed by atoms with van der Waals surface area (Å²) in [7, 11) is 0. The molecule has 1 aromatic carbocycles. The largest absolute Gasteiger partial charge is 0.337 e. The summed E-state index contributed by atoms with van der Waals surface area (Å²) in [4.78, 5) is 4.36. The van der Waals surface area contributed by atoms with E-state index in [1.165, 1.54) is 6.07 Å². The Kier molecular flexibility index (Phi) is 3.14. The first-order valence-corrected chi connectivity index (χ1v) is 6.96. The van der Waals surface area contributed by atoms with Gasteiger partial charge in [-0.25, -0.2) is 4.39 Å². The second-order valence-corrected chi connectivity index (χ2v) is 5.77. The highest BCUT2D eigenvalue weighted by Crippen LogP contribution is 2.36. The molecule has 1 saturated carbocycles. The maximum Gasteiger partial charge on any atom is 0.247 e. The average Bonchev–Trinajstić information content (AvgIpc) is 3.02. The van der Waals surface area contributed by atoms with E-state index in [4.69, 9.17) is 10.3 Å². The van der Waals surface area contributed by atoms with Crippen LogP contribution in [0.1, 0.15) is 31.6 Å². The van der Waals surface area contributed by atoms with Gasteiger partial charge in [-0.2, -0.15) is 4.98 Å². The zero-order chi connectivity index (χ0) is 13.5. The minimum absolute atomic E-state index is 0.321. The molecule has 1 heterocycles. The average molecular weight is 326 g/mol. The van der Waals surface area contributed by atoms with Gasteiger partial charge >= 0.3 is 0 Å². The third kappa shape index (κ3) is 2.30. The number of nitrogens with zero attached hydrogens (tertiary/aromatic N) is 2. The predicted molar refractivity (Wildman–Crippen MR) is 71.7 cm³/mol. The molecule has 1 aliphatic rings. The van der Waals surface area contributed by atoms with E-state index in [-0.39, 0.29) is 5.82 Å². The van der Waals surface area contributed by atoms with Gasteiger partial charge in [-0.1, -0.05) is 18.0 Å². The molecule has 2 N–H and O–H groups in total. The Hall–Kier alpha value is -1.27. The van der Waals surface area contributed by atoms with Crippen molar-refractivity contribution in [1.29, 1.82) is 0 Å². The maximum absolute atomic E-state index is 13.2. The minimum Gasteiger partial charge on any atom is -0.337 e. The Morgan fingerprint density at radius 3 is 2.74 bits per heavy atom. The van der Waals surface area contributed by atoms with Crippen molar-refractivity contribution < 1.29 is 8.91 Å². The molecule has 3 rings (SSSR count). The van der Waals surface area contributed by atoms with E-state index < -0.39 is 5.54 Å². The van der Waals surface area contributed by atoms with Gasteiger partial charge in [0.05, 0.1) is 10.0 Å². The SMILES string of the molecule is NC1(c2nc(-c3ccc(F)c(Br)c3)no2)CCCC1. The highest BCUT2D eigenvalue weighted by atomic mass is 79.9. The van der Waals surface area contributed by atoms with Crippen molar-refractivity contribution in [1.82, 2.24) is 10.1 Å². The summed E-state index contributed by atoms with van der Waals surface area (Å²) >= 11 is 3.14. The molecule has 1 fully saturated rings. The third-order valence-corrected chi connectivity index (χ3v) is 4.13. The molecular formula is C13H13BrFN3O. The molecule has 0 atom stereocenters. The summed E-state index contributed by atoms with van der Waals surface area (Å²) in [6.45, 7) is 0. The van der Waals surface area contributed by atoms with Gasteiger partial charge in [-0.05, 0) is 47.0 Å². The lowest BCUT2D eigenvalue weighted by molar-refractivity contribution is 0.285. The molecule has 1 aromatic heterocycles.